The first-order valence-electron chi connectivity index (χ1n) is 9.09. The first-order chi connectivity index (χ1) is 13.8. The molecule has 1 aromatic carbocycles. The molecule has 152 valence electrons. The van der Waals surface area contributed by atoms with E-state index in [1.807, 2.05) is 18.2 Å². The fraction of sp³-hybridized carbons (Fsp3) is 0.421. The van der Waals surface area contributed by atoms with Gasteiger partial charge in [0.2, 0.25) is 5.60 Å². The lowest BCUT2D eigenvalue weighted by atomic mass is 10.0. The Labute approximate surface area is 168 Å². The van der Waals surface area contributed by atoms with E-state index in [0.29, 0.717) is 5.92 Å². The number of hydrogen-bond acceptors (Lipinski definition) is 7. The molecule has 2 heterocycles. The number of aromatic nitrogens is 2. The highest BCUT2D eigenvalue weighted by Gasteiger charge is 2.57. The number of hydrogen-bond donors (Lipinski definition) is 2. The second kappa shape index (κ2) is 7.00. The lowest BCUT2D eigenvalue weighted by Crippen LogP contribution is -2.42. The molecule has 0 radical (unpaired) electrons. The summed E-state index contributed by atoms with van der Waals surface area (Å²) < 4.78 is 45.3. The average molecular weight is 422 g/mol. The van der Waals surface area contributed by atoms with Crippen molar-refractivity contribution in [2.75, 3.05) is 5.32 Å². The van der Waals surface area contributed by atoms with Crippen molar-refractivity contribution in [3.8, 4) is 6.07 Å². The van der Waals surface area contributed by atoms with Gasteiger partial charge in [-0.2, -0.15) is 18.4 Å². The molecule has 0 saturated heterocycles. The SMILES string of the molecule is CCC(O)(c1nnc(NCc2ccc3c(C4CC4)c(C#N)sc3c2)o1)C(F)(F)F. The summed E-state index contributed by atoms with van der Waals surface area (Å²) in [5, 5.41) is 30.0. The summed E-state index contributed by atoms with van der Waals surface area (Å²) in [7, 11) is 0. The fourth-order valence-corrected chi connectivity index (χ4v) is 4.39. The summed E-state index contributed by atoms with van der Waals surface area (Å²) in [5.41, 5.74) is -1.20. The smallest absolute Gasteiger partial charge is 0.405 e. The lowest BCUT2D eigenvalue weighted by molar-refractivity contribution is -0.275. The Morgan fingerprint density at radius 2 is 2.10 bits per heavy atom. The van der Waals surface area contributed by atoms with E-state index in [1.54, 1.807) is 0 Å². The number of nitriles is 1. The lowest BCUT2D eigenvalue weighted by Gasteiger charge is -2.25. The molecule has 0 spiro atoms. The molecule has 0 amide bonds. The summed E-state index contributed by atoms with van der Waals surface area (Å²) in [6.07, 6.45) is -3.36. The van der Waals surface area contributed by atoms with Gasteiger partial charge >= 0.3 is 12.2 Å². The molecule has 0 aliphatic heterocycles. The van der Waals surface area contributed by atoms with E-state index in [-0.39, 0.29) is 12.6 Å². The van der Waals surface area contributed by atoms with E-state index in [0.717, 1.165) is 38.9 Å². The Bertz CT molecular complexity index is 1100. The molecular weight excluding hydrogens is 405 g/mol. The maximum atomic E-state index is 13.1. The highest BCUT2D eigenvalue weighted by Crippen LogP contribution is 2.48. The molecular formula is C19H17F3N4O2S. The molecule has 0 bridgehead atoms. The van der Waals surface area contributed by atoms with Crippen LogP contribution in [0, 0.1) is 11.3 Å². The van der Waals surface area contributed by atoms with Crippen molar-refractivity contribution in [1.29, 1.82) is 5.26 Å². The third-order valence-electron chi connectivity index (χ3n) is 5.08. The third-order valence-corrected chi connectivity index (χ3v) is 6.16. The molecule has 1 aliphatic rings. The zero-order valence-electron chi connectivity index (χ0n) is 15.4. The highest BCUT2D eigenvalue weighted by molar-refractivity contribution is 7.19. The Hall–Kier alpha value is -2.64. The minimum absolute atomic E-state index is 0.209. The van der Waals surface area contributed by atoms with Crippen molar-refractivity contribution in [2.24, 2.45) is 0 Å². The fourth-order valence-electron chi connectivity index (χ4n) is 3.24. The second-order valence-corrected chi connectivity index (χ2v) is 8.09. The first-order valence-corrected chi connectivity index (χ1v) is 9.91. The average Bonchev–Trinajstić information content (AvgIpc) is 3.29. The predicted molar refractivity (Wildman–Crippen MR) is 100 cm³/mol. The normalized spacial score (nSPS) is 16.6. The minimum Gasteiger partial charge on any atom is -0.405 e. The van der Waals surface area contributed by atoms with Gasteiger partial charge in [-0.3, -0.25) is 0 Å². The van der Waals surface area contributed by atoms with E-state index in [1.165, 1.54) is 18.3 Å². The summed E-state index contributed by atoms with van der Waals surface area (Å²) >= 11 is 1.44. The summed E-state index contributed by atoms with van der Waals surface area (Å²) in [4.78, 5) is 0.736. The van der Waals surface area contributed by atoms with Gasteiger partial charge in [-0.25, -0.2) is 0 Å². The highest BCUT2D eigenvalue weighted by atomic mass is 32.1. The first kappa shape index (κ1) is 19.7. The second-order valence-electron chi connectivity index (χ2n) is 7.04. The number of nitrogens with one attached hydrogen (secondary N) is 1. The van der Waals surface area contributed by atoms with Crippen LogP contribution in [0.5, 0.6) is 0 Å². The number of halogens is 3. The van der Waals surface area contributed by atoms with E-state index < -0.39 is 24.1 Å². The number of fused-ring (bicyclic) bond motifs is 1. The molecule has 1 fully saturated rings. The largest absolute Gasteiger partial charge is 0.426 e. The zero-order valence-corrected chi connectivity index (χ0v) is 16.2. The van der Waals surface area contributed by atoms with Crippen molar-refractivity contribution in [2.45, 2.75) is 50.4 Å². The molecule has 1 unspecified atom stereocenters. The van der Waals surface area contributed by atoms with Crippen molar-refractivity contribution < 1.29 is 22.7 Å². The topological polar surface area (TPSA) is 95.0 Å². The molecule has 4 rings (SSSR count). The van der Waals surface area contributed by atoms with Crippen LogP contribution in [-0.2, 0) is 12.1 Å². The van der Waals surface area contributed by atoms with Gasteiger partial charge in [-0.1, -0.05) is 24.2 Å². The van der Waals surface area contributed by atoms with Crippen molar-refractivity contribution >= 4 is 27.4 Å². The molecule has 29 heavy (non-hydrogen) atoms. The van der Waals surface area contributed by atoms with E-state index in [9.17, 15) is 23.5 Å². The number of rotatable bonds is 6. The number of nitrogens with zero attached hydrogens (tertiary/aromatic N) is 3. The van der Waals surface area contributed by atoms with Crippen LogP contribution in [0.25, 0.3) is 10.1 Å². The van der Waals surface area contributed by atoms with Crippen LogP contribution in [0.15, 0.2) is 22.6 Å². The maximum Gasteiger partial charge on any atom is 0.426 e. The van der Waals surface area contributed by atoms with Crippen molar-refractivity contribution in [1.82, 2.24) is 10.2 Å². The third kappa shape index (κ3) is 3.45. The molecule has 10 heteroatoms. The minimum atomic E-state index is -4.92. The van der Waals surface area contributed by atoms with Gasteiger partial charge in [0.1, 0.15) is 10.9 Å². The van der Waals surface area contributed by atoms with Gasteiger partial charge in [-0.15, -0.1) is 16.4 Å². The van der Waals surface area contributed by atoms with Gasteiger partial charge in [0.25, 0.3) is 5.89 Å². The predicted octanol–water partition coefficient (Wildman–Crippen LogP) is 4.81. The van der Waals surface area contributed by atoms with Gasteiger partial charge in [0.05, 0.1) is 0 Å². The maximum absolute atomic E-state index is 13.1. The standard InChI is InChI=1S/C19H17F3N4O2S/c1-2-18(27,19(20,21)22)16-25-26-17(28-16)24-9-10-3-6-12-13(7-10)29-14(8-23)15(12)11-4-5-11/h3,6-7,11,27H,2,4-5,9H2,1H3,(H,24,26). The Morgan fingerprint density at radius 3 is 2.72 bits per heavy atom. The molecule has 6 nitrogen and oxygen atoms in total. The summed E-state index contributed by atoms with van der Waals surface area (Å²) in [6, 6.07) is 7.86. The van der Waals surface area contributed by atoms with Crippen LogP contribution in [0.1, 0.15) is 54.0 Å². The quantitative estimate of drug-likeness (QED) is 0.592. The van der Waals surface area contributed by atoms with Crippen LogP contribution < -0.4 is 5.32 Å². The molecule has 2 N–H and O–H groups in total. The summed E-state index contributed by atoms with van der Waals surface area (Å²) in [5.74, 6) is -0.429. The van der Waals surface area contributed by atoms with Gasteiger partial charge in [-0.05, 0) is 47.8 Å². The van der Waals surface area contributed by atoms with Crippen LogP contribution >= 0.6 is 11.3 Å². The number of aliphatic hydroxyl groups is 1. The van der Waals surface area contributed by atoms with E-state index in [2.05, 4.69) is 21.6 Å². The van der Waals surface area contributed by atoms with Crippen LogP contribution in [-0.4, -0.2) is 21.5 Å². The number of alkyl halides is 3. The van der Waals surface area contributed by atoms with Crippen LogP contribution in [0.2, 0.25) is 0 Å². The number of thiophene rings is 1. The summed E-state index contributed by atoms with van der Waals surface area (Å²) in [6.45, 7) is 1.43. The Morgan fingerprint density at radius 1 is 1.34 bits per heavy atom. The molecule has 1 aliphatic carbocycles. The Balaban J connectivity index is 1.52. The number of benzene rings is 1. The Kier molecular flexibility index (Phi) is 4.75. The zero-order chi connectivity index (χ0) is 20.8. The van der Waals surface area contributed by atoms with Gasteiger partial charge in [0, 0.05) is 11.2 Å². The van der Waals surface area contributed by atoms with Gasteiger partial charge < -0.3 is 14.8 Å². The monoisotopic (exact) mass is 422 g/mol. The van der Waals surface area contributed by atoms with Crippen LogP contribution in [0.3, 0.4) is 0 Å². The molecule has 2 aromatic heterocycles. The van der Waals surface area contributed by atoms with Crippen molar-refractivity contribution in [3.63, 3.8) is 0 Å². The van der Waals surface area contributed by atoms with Crippen molar-refractivity contribution in [3.05, 3.63) is 40.1 Å². The van der Waals surface area contributed by atoms with E-state index in [4.69, 9.17) is 4.42 Å². The number of anilines is 1. The van der Waals surface area contributed by atoms with Gasteiger partial charge in [0.15, 0.2) is 0 Å². The van der Waals surface area contributed by atoms with Crippen LogP contribution in [0.4, 0.5) is 19.2 Å². The molecule has 1 atom stereocenters. The molecule has 3 aromatic rings. The van der Waals surface area contributed by atoms with E-state index >= 15 is 0 Å². The molecule has 1 saturated carbocycles.